The monoisotopic (exact) mass is 552 g/mol. The normalized spacial score (nSPS) is 36.4. The molecule has 0 bridgehead atoms. The lowest BCUT2D eigenvalue weighted by Crippen LogP contribution is -2.68. The Kier molecular flexibility index (Phi) is 12.9. The van der Waals surface area contributed by atoms with E-state index in [-0.39, 0.29) is 18.7 Å². The van der Waals surface area contributed by atoms with Gasteiger partial charge in [-0.25, -0.2) is 4.79 Å². The Labute approximate surface area is 220 Å². The number of aliphatic hydroxyl groups is 5. The number of rotatable bonds is 14. The number of aliphatic hydroxyl groups excluding tert-OH is 5. The van der Waals surface area contributed by atoms with Gasteiger partial charge in [0, 0.05) is 19.2 Å². The van der Waals surface area contributed by atoms with Crippen LogP contribution in [0.1, 0.15) is 13.8 Å². The van der Waals surface area contributed by atoms with Gasteiger partial charge in [0.15, 0.2) is 6.29 Å². The number of carboxylic acid groups (broad SMARTS) is 1. The van der Waals surface area contributed by atoms with Gasteiger partial charge >= 0.3 is 11.9 Å². The summed E-state index contributed by atoms with van der Waals surface area (Å²) >= 11 is 0. The van der Waals surface area contributed by atoms with Gasteiger partial charge < -0.3 is 59.6 Å². The zero-order valence-electron chi connectivity index (χ0n) is 21.6. The molecule has 11 unspecified atom stereocenters. The molecule has 220 valence electrons. The molecule has 2 rings (SSSR count). The summed E-state index contributed by atoms with van der Waals surface area (Å²) in [5.41, 5.74) is 0.157. The topological polar surface area (TPSA) is 226 Å². The van der Waals surface area contributed by atoms with Crippen LogP contribution in [-0.4, -0.2) is 150 Å². The molecule has 0 amide bonds. The summed E-state index contributed by atoms with van der Waals surface area (Å²) in [6.45, 7) is 4.39. The molecule has 0 radical (unpaired) electrons. The molecule has 15 heteroatoms. The van der Waals surface area contributed by atoms with Crippen LogP contribution in [0.4, 0.5) is 0 Å². The first-order chi connectivity index (χ1) is 17.9. The summed E-state index contributed by atoms with van der Waals surface area (Å²) in [5, 5.41) is 66.5. The van der Waals surface area contributed by atoms with E-state index in [4.69, 9.17) is 28.8 Å². The smallest absolute Gasteiger partial charge is 0.333 e. The molecule has 15 nitrogen and oxygen atoms in total. The molecule has 11 atom stereocenters. The van der Waals surface area contributed by atoms with Crippen molar-refractivity contribution in [1.29, 1.82) is 0 Å². The summed E-state index contributed by atoms with van der Waals surface area (Å²) in [5.74, 6) is -1.84. The number of carbonyl (C=O) groups is 2. The van der Waals surface area contributed by atoms with Crippen LogP contribution in [-0.2, 0) is 33.3 Å². The third-order valence-corrected chi connectivity index (χ3v) is 6.40. The van der Waals surface area contributed by atoms with Gasteiger partial charge in [0.25, 0.3) is 0 Å². The van der Waals surface area contributed by atoms with Crippen LogP contribution in [0.25, 0.3) is 0 Å². The number of carbonyl (C=O) groups excluding carboxylic acids is 1. The maximum atomic E-state index is 11.6. The molecular formula is C23H40N2O13. The van der Waals surface area contributed by atoms with E-state index < -0.39 is 98.9 Å². The van der Waals surface area contributed by atoms with Crippen molar-refractivity contribution in [3.05, 3.63) is 12.2 Å². The summed E-state index contributed by atoms with van der Waals surface area (Å²) in [7, 11) is 1.31. The molecule has 2 aliphatic rings. The van der Waals surface area contributed by atoms with Crippen molar-refractivity contribution >= 4 is 11.9 Å². The van der Waals surface area contributed by atoms with Crippen LogP contribution in [0.2, 0.25) is 0 Å². The fourth-order valence-electron chi connectivity index (χ4n) is 4.42. The second-order valence-corrected chi connectivity index (χ2v) is 9.34. The molecule has 8 N–H and O–H groups in total. The molecule has 2 heterocycles. The van der Waals surface area contributed by atoms with Gasteiger partial charge in [-0.15, -0.1) is 0 Å². The highest BCUT2D eigenvalue weighted by Gasteiger charge is 2.50. The molecule has 0 saturated carbocycles. The van der Waals surface area contributed by atoms with E-state index in [1.807, 2.05) is 0 Å². The van der Waals surface area contributed by atoms with E-state index in [9.17, 15) is 35.1 Å². The van der Waals surface area contributed by atoms with Crippen molar-refractivity contribution < 1.29 is 63.9 Å². The third kappa shape index (κ3) is 8.37. The van der Waals surface area contributed by atoms with Crippen molar-refractivity contribution in [3.8, 4) is 0 Å². The first-order valence-corrected chi connectivity index (χ1v) is 12.2. The Bertz CT molecular complexity index is 786. The minimum atomic E-state index is -1.36. The van der Waals surface area contributed by atoms with Crippen LogP contribution in [0.3, 0.4) is 0 Å². The first kappa shape index (κ1) is 32.5. The van der Waals surface area contributed by atoms with Crippen molar-refractivity contribution in [3.63, 3.8) is 0 Å². The van der Waals surface area contributed by atoms with Gasteiger partial charge in [-0.2, -0.15) is 0 Å². The van der Waals surface area contributed by atoms with Crippen molar-refractivity contribution in [1.82, 2.24) is 10.6 Å². The van der Waals surface area contributed by atoms with Gasteiger partial charge in [-0.05, 0) is 13.8 Å². The molecule has 2 aliphatic heterocycles. The lowest BCUT2D eigenvalue weighted by Gasteiger charge is -2.48. The number of nitrogens with one attached hydrogen (secondary N) is 2. The van der Waals surface area contributed by atoms with Crippen LogP contribution in [0, 0.1) is 0 Å². The largest absolute Gasteiger partial charge is 0.480 e. The number of hydrogen-bond acceptors (Lipinski definition) is 14. The Balaban J connectivity index is 2.20. The lowest BCUT2D eigenvalue weighted by atomic mass is 9.92. The predicted molar refractivity (Wildman–Crippen MR) is 128 cm³/mol. The van der Waals surface area contributed by atoms with Crippen molar-refractivity contribution in [2.45, 2.75) is 81.1 Å². The SMILES string of the molecule is C=C(C)C(=O)OCC(O)CNC1C(OC2C(CO)OC(C)C(NCC(=O)O)C2O)OC(CO)C(OC)C1O. The second kappa shape index (κ2) is 15.1. The summed E-state index contributed by atoms with van der Waals surface area (Å²) in [6.07, 6.45) is -10.3. The van der Waals surface area contributed by atoms with Gasteiger partial charge in [-0.3, -0.25) is 10.1 Å². The van der Waals surface area contributed by atoms with Gasteiger partial charge in [-0.1, -0.05) is 6.58 Å². The average Bonchev–Trinajstić information content (AvgIpc) is 2.87. The summed E-state index contributed by atoms with van der Waals surface area (Å²) in [6, 6.07) is -1.98. The molecule has 2 fully saturated rings. The van der Waals surface area contributed by atoms with E-state index in [1.54, 1.807) is 6.92 Å². The zero-order chi connectivity index (χ0) is 28.6. The van der Waals surface area contributed by atoms with E-state index >= 15 is 0 Å². The Morgan fingerprint density at radius 3 is 2.18 bits per heavy atom. The molecule has 0 aliphatic carbocycles. The molecule has 0 aromatic carbocycles. The van der Waals surface area contributed by atoms with Crippen LogP contribution in [0.5, 0.6) is 0 Å². The quantitative estimate of drug-likeness (QED) is 0.0761. The van der Waals surface area contributed by atoms with Crippen LogP contribution >= 0.6 is 0 Å². The molecule has 0 aromatic rings. The number of aliphatic carboxylic acids is 1. The van der Waals surface area contributed by atoms with E-state index in [1.165, 1.54) is 14.0 Å². The molecule has 0 spiro atoms. The predicted octanol–water partition coefficient (Wildman–Crippen LogP) is -3.91. The van der Waals surface area contributed by atoms with E-state index in [0.29, 0.717) is 0 Å². The summed E-state index contributed by atoms with van der Waals surface area (Å²) < 4.78 is 27.8. The van der Waals surface area contributed by atoms with E-state index in [0.717, 1.165) is 0 Å². The number of esters is 1. The number of methoxy groups -OCH3 is 1. The van der Waals surface area contributed by atoms with Crippen molar-refractivity contribution in [2.24, 2.45) is 0 Å². The van der Waals surface area contributed by atoms with Crippen LogP contribution < -0.4 is 10.6 Å². The molecule has 0 aromatic heterocycles. The number of ether oxygens (including phenoxy) is 5. The average molecular weight is 553 g/mol. The number of hydrogen-bond donors (Lipinski definition) is 8. The Morgan fingerprint density at radius 2 is 1.63 bits per heavy atom. The zero-order valence-corrected chi connectivity index (χ0v) is 21.6. The Hall–Kier alpha value is -1.76. The fraction of sp³-hybridized carbons (Fsp3) is 0.826. The van der Waals surface area contributed by atoms with E-state index in [2.05, 4.69) is 17.2 Å². The molecule has 2 saturated heterocycles. The molecular weight excluding hydrogens is 512 g/mol. The standard InChI is InChI=1S/C23H40N2O13/c1-10(2)22(33)35-9-12(28)5-24-17-19(32)20(34-4)13(7-26)37-23(17)38-21-14(8-27)36-11(3)16(18(21)31)25-6-15(29)30/h11-14,16-21,23-28,31-32H,1,5-9H2,2-4H3,(H,29,30). The van der Waals surface area contributed by atoms with Gasteiger partial charge in [0.2, 0.25) is 0 Å². The highest BCUT2D eigenvalue weighted by atomic mass is 16.7. The molecule has 38 heavy (non-hydrogen) atoms. The fourth-order valence-corrected chi connectivity index (χ4v) is 4.42. The highest BCUT2D eigenvalue weighted by molar-refractivity contribution is 5.86. The number of carboxylic acids is 1. The highest BCUT2D eigenvalue weighted by Crippen LogP contribution is 2.30. The van der Waals surface area contributed by atoms with Gasteiger partial charge in [0.1, 0.15) is 49.3 Å². The van der Waals surface area contributed by atoms with Crippen LogP contribution in [0.15, 0.2) is 12.2 Å². The minimum absolute atomic E-state index is 0.157. The van der Waals surface area contributed by atoms with Crippen molar-refractivity contribution in [2.75, 3.05) is 40.0 Å². The summed E-state index contributed by atoms with van der Waals surface area (Å²) in [4.78, 5) is 22.6. The first-order valence-electron chi connectivity index (χ1n) is 12.2. The maximum absolute atomic E-state index is 11.6. The third-order valence-electron chi connectivity index (χ3n) is 6.40. The Morgan fingerprint density at radius 1 is 1.03 bits per heavy atom. The lowest BCUT2D eigenvalue weighted by molar-refractivity contribution is -0.316. The minimum Gasteiger partial charge on any atom is -0.480 e. The maximum Gasteiger partial charge on any atom is 0.333 e. The second-order valence-electron chi connectivity index (χ2n) is 9.34. The van der Waals surface area contributed by atoms with Gasteiger partial charge in [0.05, 0.1) is 37.9 Å².